The van der Waals surface area contributed by atoms with E-state index in [0.717, 1.165) is 11.1 Å². The van der Waals surface area contributed by atoms with E-state index < -0.39 is 0 Å². The Morgan fingerprint density at radius 2 is 2.11 bits per heavy atom. The third-order valence-corrected chi connectivity index (χ3v) is 3.13. The average molecular weight is 278 g/mol. The van der Waals surface area contributed by atoms with E-state index in [4.69, 9.17) is 27.8 Å². The maximum absolute atomic E-state index is 6.22. The zero-order chi connectivity index (χ0) is 13.8. The highest BCUT2D eigenvalue weighted by atomic mass is 35.5. The van der Waals surface area contributed by atoms with Crippen LogP contribution in [-0.2, 0) is 6.42 Å². The van der Waals surface area contributed by atoms with E-state index in [1.165, 1.54) is 0 Å². The smallest absolute Gasteiger partial charge is 0.125 e. The maximum Gasteiger partial charge on any atom is 0.125 e. The molecule has 1 atom stereocenters. The van der Waals surface area contributed by atoms with Crippen molar-refractivity contribution in [3.63, 3.8) is 0 Å². The van der Waals surface area contributed by atoms with Crippen LogP contribution in [0.3, 0.4) is 0 Å². The molecule has 0 aliphatic rings. The molecule has 19 heavy (non-hydrogen) atoms. The number of pyridine rings is 1. The van der Waals surface area contributed by atoms with Gasteiger partial charge in [0.2, 0.25) is 0 Å². The number of halogens is 1. The van der Waals surface area contributed by atoms with Crippen molar-refractivity contribution < 1.29 is 4.74 Å². The zero-order valence-electron chi connectivity index (χ0n) is 10.6. The molecule has 0 saturated heterocycles. The SMILES string of the molecule is COc1cc(Cl)ccc1C(N)Cc1ccnc(N)c1. The van der Waals surface area contributed by atoms with Gasteiger partial charge < -0.3 is 16.2 Å². The van der Waals surface area contributed by atoms with Gasteiger partial charge in [-0.25, -0.2) is 4.98 Å². The summed E-state index contributed by atoms with van der Waals surface area (Å²) >= 11 is 5.94. The topological polar surface area (TPSA) is 74.2 Å². The third-order valence-electron chi connectivity index (χ3n) is 2.90. The number of nitrogen functional groups attached to an aromatic ring is 1. The first-order valence-corrected chi connectivity index (χ1v) is 6.27. The van der Waals surface area contributed by atoms with Crippen molar-refractivity contribution in [2.24, 2.45) is 5.73 Å². The van der Waals surface area contributed by atoms with Crippen molar-refractivity contribution in [3.8, 4) is 5.75 Å². The van der Waals surface area contributed by atoms with Gasteiger partial charge in [-0.05, 0) is 36.2 Å². The fourth-order valence-electron chi connectivity index (χ4n) is 1.98. The number of hydrogen-bond acceptors (Lipinski definition) is 4. The van der Waals surface area contributed by atoms with E-state index in [9.17, 15) is 0 Å². The lowest BCUT2D eigenvalue weighted by atomic mass is 9.99. The van der Waals surface area contributed by atoms with Crippen LogP contribution >= 0.6 is 11.6 Å². The maximum atomic E-state index is 6.22. The minimum absolute atomic E-state index is 0.186. The molecule has 0 amide bonds. The molecule has 5 heteroatoms. The fourth-order valence-corrected chi connectivity index (χ4v) is 2.14. The number of rotatable bonds is 4. The Balaban J connectivity index is 2.22. The summed E-state index contributed by atoms with van der Waals surface area (Å²) < 4.78 is 5.31. The van der Waals surface area contributed by atoms with Crippen molar-refractivity contribution in [1.29, 1.82) is 0 Å². The monoisotopic (exact) mass is 277 g/mol. The quantitative estimate of drug-likeness (QED) is 0.901. The molecule has 1 aromatic heterocycles. The van der Waals surface area contributed by atoms with Crippen molar-refractivity contribution in [2.75, 3.05) is 12.8 Å². The van der Waals surface area contributed by atoms with Gasteiger partial charge >= 0.3 is 0 Å². The summed E-state index contributed by atoms with van der Waals surface area (Å²) in [6.07, 6.45) is 2.33. The summed E-state index contributed by atoms with van der Waals surface area (Å²) in [4.78, 5) is 3.96. The molecule has 0 aliphatic carbocycles. The van der Waals surface area contributed by atoms with Gasteiger partial charge in [0.05, 0.1) is 7.11 Å². The van der Waals surface area contributed by atoms with Gasteiger partial charge in [0.1, 0.15) is 11.6 Å². The van der Waals surface area contributed by atoms with E-state index in [1.807, 2.05) is 18.2 Å². The Hall–Kier alpha value is -1.78. The van der Waals surface area contributed by atoms with E-state index in [1.54, 1.807) is 25.4 Å². The molecule has 1 heterocycles. The predicted molar refractivity (Wildman–Crippen MR) is 77.3 cm³/mol. The van der Waals surface area contributed by atoms with Crippen LogP contribution in [0.5, 0.6) is 5.75 Å². The summed E-state index contributed by atoms with van der Waals surface area (Å²) in [6.45, 7) is 0. The second kappa shape index (κ2) is 5.91. The first-order chi connectivity index (χ1) is 9.10. The number of benzene rings is 1. The highest BCUT2D eigenvalue weighted by Gasteiger charge is 2.13. The lowest BCUT2D eigenvalue weighted by Crippen LogP contribution is -2.14. The summed E-state index contributed by atoms with van der Waals surface area (Å²) in [5, 5.41) is 0.626. The number of aromatic nitrogens is 1. The molecule has 0 fully saturated rings. The van der Waals surface area contributed by atoms with Gasteiger partial charge in [-0.1, -0.05) is 17.7 Å². The molecule has 0 radical (unpaired) electrons. The second-order valence-electron chi connectivity index (χ2n) is 4.29. The second-order valence-corrected chi connectivity index (χ2v) is 4.72. The first-order valence-electron chi connectivity index (χ1n) is 5.89. The molecule has 4 N–H and O–H groups in total. The number of anilines is 1. The zero-order valence-corrected chi connectivity index (χ0v) is 11.4. The number of hydrogen-bond donors (Lipinski definition) is 2. The molecule has 2 rings (SSSR count). The number of methoxy groups -OCH3 is 1. The molecule has 0 saturated carbocycles. The van der Waals surface area contributed by atoms with Gasteiger partial charge in [0, 0.05) is 22.8 Å². The Bertz CT molecular complexity index is 574. The highest BCUT2D eigenvalue weighted by molar-refractivity contribution is 6.30. The minimum Gasteiger partial charge on any atom is -0.496 e. The van der Waals surface area contributed by atoms with Crippen LogP contribution in [0.1, 0.15) is 17.2 Å². The Morgan fingerprint density at radius 1 is 1.32 bits per heavy atom. The summed E-state index contributed by atoms with van der Waals surface area (Å²) in [5.74, 6) is 1.19. The lowest BCUT2D eigenvalue weighted by molar-refractivity contribution is 0.405. The molecule has 0 bridgehead atoms. The molecule has 0 aliphatic heterocycles. The van der Waals surface area contributed by atoms with E-state index in [0.29, 0.717) is 23.0 Å². The van der Waals surface area contributed by atoms with Crippen LogP contribution < -0.4 is 16.2 Å². The van der Waals surface area contributed by atoms with Gasteiger partial charge in [-0.2, -0.15) is 0 Å². The number of nitrogens with two attached hydrogens (primary N) is 2. The standard InChI is InChI=1S/C14H16ClN3O/c1-19-13-8-10(15)2-3-11(13)12(16)6-9-4-5-18-14(17)7-9/h2-5,7-8,12H,6,16H2,1H3,(H2,17,18). The average Bonchev–Trinajstić information content (AvgIpc) is 2.38. The van der Waals surface area contributed by atoms with Crippen LogP contribution in [0.15, 0.2) is 36.5 Å². The van der Waals surface area contributed by atoms with Crippen molar-refractivity contribution >= 4 is 17.4 Å². The molecule has 1 unspecified atom stereocenters. The van der Waals surface area contributed by atoms with Gasteiger partial charge in [-0.3, -0.25) is 0 Å². The molecular formula is C14H16ClN3O. The molecule has 100 valence electrons. The van der Waals surface area contributed by atoms with Gasteiger partial charge in [0.25, 0.3) is 0 Å². The molecular weight excluding hydrogens is 262 g/mol. The van der Waals surface area contributed by atoms with Crippen LogP contribution in [-0.4, -0.2) is 12.1 Å². The summed E-state index contributed by atoms with van der Waals surface area (Å²) in [5.41, 5.74) is 13.8. The fraction of sp³-hybridized carbons (Fsp3) is 0.214. The van der Waals surface area contributed by atoms with Gasteiger partial charge in [-0.15, -0.1) is 0 Å². The third kappa shape index (κ3) is 3.36. The summed E-state index contributed by atoms with van der Waals surface area (Å²) in [7, 11) is 1.60. The minimum atomic E-state index is -0.186. The molecule has 4 nitrogen and oxygen atoms in total. The number of ether oxygens (including phenoxy) is 1. The van der Waals surface area contributed by atoms with Crippen LogP contribution in [0, 0.1) is 0 Å². The van der Waals surface area contributed by atoms with Crippen molar-refractivity contribution in [2.45, 2.75) is 12.5 Å². The van der Waals surface area contributed by atoms with Gasteiger partial charge in [0.15, 0.2) is 0 Å². The Kier molecular flexibility index (Phi) is 4.24. The normalized spacial score (nSPS) is 12.2. The van der Waals surface area contributed by atoms with Crippen LogP contribution in [0.2, 0.25) is 5.02 Å². The van der Waals surface area contributed by atoms with E-state index in [-0.39, 0.29) is 6.04 Å². The molecule has 2 aromatic rings. The van der Waals surface area contributed by atoms with Crippen molar-refractivity contribution in [1.82, 2.24) is 4.98 Å². The Morgan fingerprint density at radius 3 is 2.79 bits per heavy atom. The van der Waals surface area contributed by atoms with Crippen LogP contribution in [0.4, 0.5) is 5.82 Å². The Labute approximate surface area is 117 Å². The highest BCUT2D eigenvalue weighted by Crippen LogP contribution is 2.29. The largest absolute Gasteiger partial charge is 0.496 e. The first kappa shape index (κ1) is 13.6. The van der Waals surface area contributed by atoms with Crippen molar-refractivity contribution in [3.05, 3.63) is 52.7 Å². The molecule has 1 aromatic carbocycles. The van der Waals surface area contributed by atoms with Crippen LogP contribution in [0.25, 0.3) is 0 Å². The number of nitrogens with zero attached hydrogens (tertiary/aromatic N) is 1. The lowest BCUT2D eigenvalue weighted by Gasteiger charge is -2.16. The van der Waals surface area contributed by atoms with E-state index >= 15 is 0 Å². The summed E-state index contributed by atoms with van der Waals surface area (Å²) in [6, 6.07) is 8.99. The predicted octanol–water partition coefficient (Wildman–Crippen LogP) is 2.57. The van der Waals surface area contributed by atoms with E-state index in [2.05, 4.69) is 4.98 Å². The molecule has 0 spiro atoms.